The minimum Gasteiger partial charge on any atom is -0.459 e. The van der Waals surface area contributed by atoms with Crippen LogP contribution in [0.1, 0.15) is 29.1 Å². The molecular weight excluding hydrogens is 504 g/mol. The molecule has 0 spiro atoms. The second-order valence-corrected chi connectivity index (χ2v) is 10.1. The van der Waals surface area contributed by atoms with Crippen LogP contribution in [0.3, 0.4) is 0 Å². The van der Waals surface area contributed by atoms with Crippen molar-refractivity contribution in [2.24, 2.45) is 0 Å². The number of nitrogens with zero attached hydrogens (tertiary/aromatic N) is 3. The molecule has 188 valence electrons. The number of furan rings is 1. The third-order valence-electron chi connectivity index (χ3n) is 6.98. The van der Waals surface area contributed by atoms with E-state index in [4.69, 9.17) is 33.0 Å². The molecule has 2 aromatic carbocycles. The Hall–Kier alpha value is -3.39. The summed E-state index contributed by atoms with van der Waals surface area (Å²) < 4.78 is 12.0. The molecular formula is C29H27ClN4O2S. The number of hydrogen-bond donors (Lipinski definition) is 1. The number of aryl methyl sites for hydroxylation is 1. The molecule has 0 aliphatic carbocycles. The number of nitrogens with one attached hydrogen (secondary N) is 1. The van der Waals surface area contributed by atoms with Gasteiger partial charge in [-0.05, 0) is 79.3 Å². The molecule has 0 saturated carbocycles. The zero-order valence-corrected chi connectivity index (χ0v) is 22.0. The molecule has 2 fully saturated rings. The molecule has 0 amide bonds. The summed E-state index contributed by atoms with van der Waals surface area (Å²) in [6, 6.07) is 24.1. The standard InChI is InChI=1S/C29H27ClN4O2S/c1-19-5-6-20(18-23(19)30)25-11-12-26(36-25)28-27(24-4-2-3-13-31-24)32-29(37)34(28)22-9-7-21(8-10-22)33-14-16-35-17-15-33/h2-13,18,27-28H,14-17H2,1H3,(H,32,37)/t27-,28-/m0/s1. The molecule has 2 aliphatic rings. The van der Waals surface area contributed by atoms with E-state index >= 15 is 0 Å². The van der Waals surface area contributed by atoms with Crippen LogP contribution in [-0.4, -0.2) is 36.4 Å². The second-order valence-electron chi connectivity index (χ2n) is 9.28. The minimum absolute atomic E-state index is 0.173. The van der Waals surface area contributed by atoms with Crippen molar-refractivity contribution in [3.05, 3.63) is 101 Å². The van der Waals surface area contributed by atoms with Gasteiger partial charge in [0.1, 0.15) is 17.6 Å². The molecule has 2 aromatic heterocycles. The maximum absolute atomic E-state index is 6.47. The average Bonchev–Trinajstić information content (AvgIpc) is 3.56. The van der Waals surface area contributed by atoms with Crippen LogP contribution in [0.4, 0.5) is 11.4 Å². The third kappa shape index (κ3) is 4.70. The summed E-state index contributed by atoms with van der Waals surface area (Å²) in [5.74, 6) is 1.56. The van der Waals surface area contributed by atoms with Gasteiger partial charge < -0.3 is 24.3 Å². The Balaban J connectivity index is 1.37. The first-order chi connectivity index (χ1) is 18.1. The van der Waals surface area contributed by atoms with E-state index in [2.05, 4.69) is 44.4 Å². The number of halogens is 1. The van der Waals surface area contributed by atoms with E-state index in [1.807, 2.05) is 55.5 Å². The fourth-order valence-corrected chi connectivity index (χ4v) is 5.51. The summed E-state index contributed by atoms with van der Waals surface area (Å²) >= 11 is 12.3. The third-order valence-corrected chi connectivity index (χ3v) is 7.70. The van der Waals surface area contributed by atoms with Crippen LogP contribution in [0.15, 0.2) is 83.4 Å². The Labute approximate surface area is 226 Å². The van der Waals surface area contributed by atoms with Gasteiger partial charge in [0, 0.05) is 41.2 Å². The Morgan fingerprint density at radius 3 is 2.49 bits per heavy atom. The van der Waals surface area contributed by atoms with Gasteiger partial charge in [-0.25, -0.2) is 0 Å². The lowest BCUT2D eigenvalue weighted by Crippen LogP contribution is -2.36. The highest BCUT2D eigenvalue weighted by Gasteiger charge is 2.42. The number of hydrogen-bond acceptors (Lipinski definition) is 5. The molecule has 6 nitrogen and oxygen atoms in total. The zero-order valence-electron chi connectivity index (χ0n) is 20.4. The topological polar surface area (TPSA) is 53.8 Å². The molecule has 37 heavy (non-hydrogen) atoms. The van der Waals surface area contributed by atoms with E-state index in [1.165, 1.54) is 5.69 Å². The summed E-state index contributed by atoms with van der Waals surface area (Å²) in [5, 5.41) is 4.85. The smallest absolute Gasteiger partial charge is 0.174 e. The number of anilines is 2. The fraction of sp³-hybridized carbons (Fsp3) is 0.241. The monoisotopic (exact) mass is 530 g/mol. The number of benzene rings is 2. The lowest BCUT2D eigenvalue weighted by Gasteiger charge is -2.30. The van der Waals surface area contributed by atoms with Crippen molar-refractivity contribution in [3.63, 3.8) is 0 Å². The molecule has 8 heteroatoms. The predicted molar refractivity (Wildman–Crippen MR) is 151 cm³/mol. The molecule has 2 atom stereocenters. The van der Waals surface area contributed by atoms with E-state index in [-0.39, 0.29) is 12.1 Å². The van der Waals surface area contributed by atoms with Gasteiger partial charge in [0.25, 0.3) is 0 Å². The molecule has 6 rings (SSSR count). The maximum atomic E-state index is 6.47. The van der Waals surface area contributed by atoms with Crippen molar-refractivity contribution in [3.8, 4) is 11.3 Å². The average molecular weight is 531 g/mol. The Bertz CT molecular complexity index is 1400. The van der Waals surface area contributed by atoms with Crippen LogP contribution >= 0.6 is 23.8 Å². The lowest BCUT2D eigenvalue weighted by atomic mass is 10.0. The molecule has 1 N–H and O–H groups in total. The van der Waals surface area contributed by atoms with Crippen LogP contribution in [0, 0.1) is 6.92 Å². The fourth-order valence-electron chi connectivity index (χ4n) is 4.98. The van der Waals surface area contributed by atoms with Gasteiger partial charge >= 0.3 is 0 Å². The number of morpholine rings is 1. The van der Waals surface area contributed by atoms with Crippen LogP contribution in [0.2, 0.25) is 5.02 Å². The highest BCUT2D eigenvalue weighted by molar-refractivity contribution is 7.80. The Morgan fingerprint density at radius 2 is 1.76 bits per heavy atom. The molecule has 2 aliphatic heterocycles. The van der Waals surface area contributed by atoms with Crippen LogP contribution in [-0.2, 0) is 4.74 Å². The van der Waals surface area contributed by atoms with Crippen molar-refractivity contribution in [2.75, 3.05) is 36.1 Å². The van der Waals surface area contributed by atoms with Gasteiger partial charge in [0.15, 0.2) is 5.11 Å². The molecule has 0 unspecified atom stereocenters. The summed E-state index contributed by atoms with van der Waals surface area (Å²) in [5.41, 5.74) is 5.04. The van der Waals surface area contributed by atoms with Gasteiger partial charge in [-0.1, -0.05) is 29.8 Å². The van der Waals surface area contributed by atoms with E-state index in [9.17, 15) is 0 Å². The highest BCUT2D eigenvalue weighted by atomic mass is 35.5. The summed E-state index contributed by atoms with van der Waals surface area (Å²) in [7, 11) is 0. The molecule has 0 radical (unpaired) electrons. The number of pyridine rings is 1. The molecule has 0 bridgehead atoms. The van der Waals surface area contributed by atoms with Gasteiger partial charge in [-0.2, -0.15) is 0 Å². The van der Waals surface area contributed by atoms with Gasteiger partial charge in [0.05, 0.1) is 24.9 Å². The molecule has 4 aromatic rings. The first-order valence-electron chi connectivity index (χ1n) is 12.4. The van der Waals surface area contributed by atoms with Crippen LogP contribution in [0.25, 0.3) is 11.3 Å². The van der Waals surface area contributed by atoms with Crippen molar-refractivity contribution < 1.29 is 9.15 Å². The van der Waals surface area contributed by atoms with E-state index < -0.39 is 0 Å². The van der Waals surface area contributed by atoms with E-state index in [0.29, 0.717) is 10.1 Å². The summed E-state index contributed by atoms with van der Waals surface area (Å²) in [4.78, 5) is 9.10. The second kappa shape index (κ2) is 10.2. The zero-order chi connectivity index (χ0) is 25.4. The quantitative estimate of drug-likeness (QED) is 0.303. The lowest BCUT2D eigenvalue weighted by molar-refractivity contribution is 0.122. The Kier molecular flexibility index (Phi) is 6.59. The molecule has 2 saturated heterocycles. The maximum Gasteiger partial charge on any atom is 0.174 e. The number of rotatable bonds is 5. The first kappa shape index (κ1) is 24.0. The molecule has 4 heterocycles. The van der Waals surface area contributed by atoms with Gasteiger partial charge in [-0.15, -0.1) is 0 Å². The van der Waals surface area contributed by atoms with Gasteiger partial charge in [0.2, 0.25) is 0 Å². The first-order valence-corrected chi connectivity index (χ1v) is 13.2. The SMILES string of the molecule is Cc1ccc(-c2ccc([C@H]3[C@H](c4ccccn4)NC(=S)N3c3ccc(N4CCOCC4)cc3)o2)cc1Cl. The number of thiocarbonyl (C=S) groups is 1. The minimum atomic E-state index is -0.216. The van der Waals surface area contributed by atoms with Crippen molar-refractivity contribution >= 4 is 40.3 Å². The summed E-state index contributed by atoms with van der Waals surface area (Å²) in [6.07, 6.45) is 1.80. The predicted octanol–water partition coefficient (Wildman–Crippen LogP) is 6.32. The van der Waals surface area contributed by atoms with Crippen LogP contribution < -0.4 is 15.1 Å². The Morgan fingerprint density at radius 1 is 0.973 bits per heavy atom. The number of aromatic nitrogens is 1. The largest absolute Gasteiger partial charge is 0.459 e. The van der Waals surface area contributed by atoms with Gasteiger partial charge in [-0.3, -0.25) is 4.98 Å². The van der Waals surface area contributed by atoms with Crippen LogP contribution in [0.5, 0.6) is 0 Å². The number of ether oxygens (including phenoxy) is 1. The van der Waals surface area contributed by atoms with Crippen molar-refractivity contribution in [2.45, 2.75) is 19.0 Å². The highest BCUT2D eigenvalue weighted by Crippen LogP contribution is 2.43. The summed E-state index contributed by atoms with van der Waals surface area (Å²) in [6.45, 7) is 5.28. The van der Waals surface area contributed by atoms with E-state index in [0.717, 1.165) is 60.3 Å². The van der Waals surface area contributed by atoms with Crippen molar-refractivity contribution in [1.82, 2.24) is 10.3 Å². The van der Waals surface area contributed by atoms with E-state index in [1.54, 1.807) is 6.20 Å². The normalized spacial score (nSPS) is 19.8. The van der Waals surface area contributed by atoms with Crippen molar-refractivity contribution in [1.29, 1.82) is 0 Å².